The second kappa shape index (κ2) is 5.93. The van der Waals surface area contributed by atoms with Crippen LogP contribution in [0.15, 0.2) is 63.9 Å². The Hall–Kier alpha value is -2.75. The van der Waals surface area contributed by atoms with Crippen LogP contribution in [-0.2, 0) is 13.5 Å². The molecule has 2 aromatic carbocycles. The third kappa shape index (κ3) is 2.81. The highest BCUT2D eigenvalue weighted by Crippen LogP contribution is 2.31. The fourth-order valence-electron chi connectivity index (χ4n) is 2.52. The van der Waals surface area contributed by atoms with Gasteiger partial charge in [-0.1, -0.05) is 42.5 Å². The third-order valence-electron chi connectivity index (χ3n) is 3.65. The zero-order valence-corrected chi connectivity index (χ0v) is 12.6. The lowest BCUT2D eigenvalue weighted by molar-refractivity contribution is 0.278. The standard InChI is InChI=1S/C18H17NO3/c1-19-15(12-18(20)22-19)10-13-8-9-16(17(11-13)21-2)14-6-4-3-5-7-14/h3-9,11-12H,10H2,1-2H3. The number of ether oxygens (including phenoxy) is 1. The van der Waals surface area contributed by atoms with Gasteiger partial charge in [-0.2, -0.15) is 0 Å². The number of methoxy groups -OCH3 is 1. The van der Waals surface area contributed by atoms with E-state index in [4.69, 9.17) is 9.26 Å². The second-order valence-electron chi connectivity index (χ2n) is 5.12. The fraction of sp³-hybridized carbons (Fsp3) is 0.167. The summed E-state index contributed by atoms with van der Waals surface area (Å²) >= 11 is 0. The summed E-state index contributed by atoms with van der Waals surface area (Å²) in [5, 5.41) is 0. The molecule has 0 unspecified atom stereocenters. The highest BCUT2D eigenvalue weighted by atomic mass is 16.5. The Labute approximate surface area is 128 Å². The van der Waals surface area contributed by atoms with E-state index >= 15 is 0 Å². The zero-order chi connectivity index (χ0) is 15.5. The molecule has 4 heteroatoms. The van der Waals surface area contributed by atoms with Crippen molar-refractivity contribution in [2.75, 3.05) is 7.11 Å². The first-order chi connectivity index (χ1) is 10.7. The summed E-state index contributed by atoms with van der Waals surface area (Å²) in [7, 11) is 3.39. The monoisotopic (exact) mass is 295 g/mol. The molecule has 0 radical (unpaired) electrons. The van der Waals surface area contributed by atoms with E-state index in [9.17, 15) is 4.79 Å². The Bertz CT molecular complexity index is 831. The minimum absolute atomic E-state index is 0.328. The van der Waals surface area contributed by atoms with Gasteiger partial charge < -0.3 is 9.26 Å². The smallest absolute Gasteiger partial charge is 0.357 e. The van der Waals surface area contributed by atoms with Crippen LogP contribution in [0.1, 0.15) is 11.3 Å². The van der Waals surface area contributed by atoms with Crippen LogP contribution in [0, 0.1) is 0 Å². The lowest BCUT2D eigenvalue weighted by Gasteiger charge is -2.11. The second-order valence-corrected chi connectivity index (χ2v) is 5.12. The summed E-state index contributed by atoms with van der Waals surface area (Å²) in [5.41, 5.74) is 3.73. The Balaban J connectivity index is 1.95. The quantitative estimate of drug-likeness (QED) is 0.742. The van der Waals surface area contributed by atoms with Crippen LogP contribution in [0.2, 0.25) is 0 Å². The van der Waals surface area contributed by atoms with Crippen LogP contribution in [-0.4, -0.2) is 11.8 Å². The van der Waals surface area contributed by atoms with Crippen LogP contribution < -0.4 is 10.4 Å². The Morgan fingerprint density at radius 2 is 1.86 bits per heavy atom. The third-order valence-corrected chi connectivity index (χ3v) is 3.65. The predicted molar refractivity (Wildman–Crippen MR) is 85.2 cm³/mol. The molecule has 0 aliphatic rings. The molecular weight excluding hydrogens is 278 g/mol. The van der Waals surface area contributed by atoms with Crippen molar-refractivity contribution in [3.05, 3.63) is 76.3 Å². The molecule has 0 fully saturated rings. The molecule has 1 heterocycles. The minimum Gasteiger partial charge on any atom is -0.496 e. The largest absolute Gasteiger partial charge is 0.496 e. The highest BCUT2D eigenvalue weighted by Gasteiger charge is 2.09. The Morgan fingerprint density at radius 3 is 2.50 bits per heavy atom. The van der Waals surface area contributed by atoms with Gasteiger partial charge in [0.05, 0.1) is 12.8 Å². The van der Waals surface area contributed by atoms with Gasteiger partial charge in [-0.05, 0) is 17.2 Å². The van der Waals surface area contributed by atoms with Crippen molar-refractivity contribution in [2.24, 2.45) is 7.05 Å². The molecular formula is C18H17NO3. The molecule has 0 aliphatic carbocycles. The SMILES string of the molecule is COc1cc(Cc2cc(=O)on2C)ccc1-c1ccccc1. The molecule has 0 aliphatic heterocycles. The maximum absolute atomic E-state index is 11.3. The molecule has 0 bridgehead atoms. The van der Waals surface area contributed by atoms with Gasteiger partial charge in [-0.3, -0.25) is 0 Å². The molecule has 3 rings (SSSR count). The molecule has 1 aromatic heterocycles. The molecule has 112 valence electrons. The van der Waals surface area contributed by atoms with Crippen LogP contribution >= 0.6 is 0 Å². The van der Waals surface area contributed by atoms with Crippen molar-refractivity contribution in [1.82, 2.24) is 4.74 Å². The van der Waals surface area contributed by atoms with E-state index < -0.39 is 0 Å². The first-order valence-electron chi connectivity index (χ1n) is 7.06. The van der Waals surface area contributed by atoms with E-state index in [1.54, 1.807) is 14.2 Å². The molecule has 22 heavy (non-hydrogen) atoms. The molecule has 0 atom stereocenters. The van der Waals surface area contributed by atoms with E-state index in [2.05, 4.69) is 12.1 Å². The molecule has 0 saturated carbocycles. The highest BCUT2D eigenvalue weighted by molar-refractivity contribution is 5.70. The van der Waals surface area contributed by atoms with Gasteiger partial charge >= 0.3 is 5.63 Å². The lowest BCUT2D eigenvalue weighted by atomic mass is 10.0. The predicted octanol–water partition coefficient (Wildman–Crippen LogP) is 3.24. The number of hydrogen-bond acceptors (Lipinski definition) is 3. The van der Waals surface area contributed by atoms with Crippen molar-refractivity contribution in [3.8, 4) is 16.9 Å². The lowest BCUT2D eigenvalue weighted by Crippen LogP contribution is -1.97. The van der Waals surface area contributed by atoms with Gasteiger partial charge in [0.2, 0.25) is 0 Å². The van der Waals surface area contributed by atoms with Gasteiger partial charge in [0.15, 0.2) is 0 Å². The molecule has 0 amide bonds. The van der Waals surface area contributed by atoms with Gasteiger partial charge in [-0.15, -0.1) is 0 Å². The molecule has 0 N–H and O–H groups in total. The molecule has 3 aromatic rings. The van der Waals surface area contributed by atoms with Crippen LogP contribution in [0.4, 0.5) is 0 Å². The number of rotatable bonds is 4. The van der Waals surface area contributed by atoms with E-state index in [0.717, 1.165) is 28.1 Å². The summed E-state index contributed by atoms with van der Waals surface area (Å²) in [6.07, 6.45) is 0.619. The maximum atomic E-state index is 11.3. The van der Waals surface area contributed by atoms with Gasteiger partial charge in [-0.25, -0.2) is 9.53 Å². The number of nitrogens with zero attached hydrogens (tertiary/aromatic N) is 1. The first-order valence-corrected chi connectivity index (χ1v) is 7.06. The fourth-order valence-corrected chi connectivity index (χ4v) is 2.52. The summed E-state index contributed by atoms with van der Waals surface area (Å²) < 4.78 is 12.0. The average Bonchev–Trinajstić information content (AvgIpc) is 2.85. The van der Waals surface area contributed by atoms with E-state index in [-0.39, 0.29) is 5.63 Å². The molecule has 0 saturated heterocycles. The summed E-state index contributed by atoms with van der Waals surface area (Å²) in [4.78, 5) is 11.3. The van der Waals surface area contributed by atoms with Gasteiger partial charge in [0.1, 0.15) is 5.75 Å². The van der Waals surface area contributed by atoms with Crippen LogP contribution in [0.3, 0.4) is 0 Å². The van der Waals surface area contributed by atoms with Gasteiger partial charge in [0.25, 0.3) is 0 Å². The van der Waals surface area contributed by atoms with Crippen molar-refractivity contribution >= 4 is 0 Å². The topological polar surface area (TPSA) is 44.4 Å². The van der Waals surface area contributed by atoms with E-state index in [1.165, 1.54) is 10.8 Å². The van der Waals surface area contributed by atoms with Crippen molar-refractivity contribution in [3.63, 3.8) is 0 Å². The van der Waals surface area contributed by atoms with Crippen LogP contribution in [0.5, 0.6) is 5.75 Å². The first kappa shape index (κ1) is 14.2. The summed E-state index contributed by atoms with van der Waals surface area (Å²) in [5.74, 6) is 0.817. The number of aromatic nitrogens is 1. The average molecular weight is 295 g/mol. The zero-order valence-electron chi connectivity index (χ0n) is 12.6. The van der Waals surface area contributed by atoms with E-state index in [1.807, 2.05) is 36.4 Å². The van der Waals surface area contributed by atoms with Crippen molar-refractivity contribution in [1.29, 1.82) is 0 Å². The Kier molecular flexibility index (Phi) is 3.83. The summed E-state index contributed by atoms with van der Waals surface area (Å²) in [6, 6.07) is 17.7. The maximum Gasteiger partial charge on any atom is 0.357 e. The minimum atomic E-state index is -0.328. The molecule has 0 spiro atoms. The number of benzene rings is 2. The normalized spacial score (nSPS) is 10.6. The van der Waals surface area contributed by atoms with Crippen molar-refractivity contribution < 1.29 is 9.26 Å². The number of hydrogen-bond donors (Lipinski definition) is 0. The van der Waals surface area contributed by atoms with Crippen LogP contribution in [0.25, 0.3) is 11.1 Å². The van der Waals surface area contributed by atoms with Gasteiger partial charge in [0, 0.05) is 25.1 Å². The Morgan fingerprint density at radius 1 is 1.09 bits per heavy atom. The molecule has 4 nitrogen and oxygen atoms in total. The number of aryl methyl sites for hydroxylation is 1. The van der Waals surface area contributed by atoms with Crippen molar-refractivity contribution in [2.45, 2.75) is 6.42 Å². The van der Waals surface area contributed by atoms with E-state index in [0.29, 0.717) is 6.42 Å². The summed E-state index contributed by atoms with van der Waals surface area (Å²) in [6.45, 7) is 0.